The number of halogens is 2. The molecule has 4 rings (SSSR count). The van der Waals surface area contributed by atoms with E-state index >= 15 is 0 Å². The average Bonchev–Trinajstić information content (AvgIpc) is 3.11. The maximum absolute atomic E-state index is 13.2. The van der Waals surface area contributed by atoms with Gasteiger partial charge in [0.2, 0.25) is 11.7 Å². The maximum atomic E-state index is 13.2. The molecule has 0 radical (unpaired) electrons. The van der Waals surface area contributed by atoms with E-state index in [0.29, 0.717) is 27.4 Å². The number of carbonyl (C=O) groups excluding carboxylic acids is 2. The topological polar surface area (TPSA) is 68.5 Å². The van der Waals surface area contributed by atoms with Gasteiger partial charge in [0.15, 0.2) is 5.76 Å². The highest BCUT2D eigenvalue weighted by Gasteiger charge is 2.24. The summed E-state index contributed by atoms with van der Waals surface area (Å²) in [5.41, 5.74) is 3.98. The number of methoxy groups -OCH3 is 1. The van der Waals surface area contributed by atoms with E-state index in [1.165, 1.54) is 13.0 Å². The SMILES string of the molecule is COCc1c(C(=O)c2ccc(Cl)cc2Cl)oc2cc(-c3cccc(NC(C)=O)c3)ccc12. The normalized spacial score (nSPS) is 11.0. The number of amides is 1. The molecule has 1 heterocycles. The van der Waals surface area contributed by atoms with E-state index in [-0.39, 0.29) is 29.1 Å². The predicted molar refractivity (Wildman–Crippen MR) is 127 cm³/mol. The molecule has 162 valence electrons. The molecule has 0 atom stereocenters. The molecule has 1 N–H and O–H groups in total. The Labute approximate surface area is 194 Å². The molecule has 0 aliphatic heterocycles. The molecule has 0 aliphatic carbocycles. The Balaban J connectivity index is 1.80. The van der Waals surface area contributed by atoms with Crippen LogP contribution in [0.3, 0.4) is 0 Å². The largest absolute Gasteiger partial charge is 0.452 e. The maximum Gasteiger partial charge on any atom is 0.230 e. The van der Waals surface area contributed by atoms with Crippen LogP contribution in [-0.4, -0.2) is 18.8 Å². The summed E-state index contributed by atoms with van der Waals surface area (Å²) in [5.74, 6) is -0.309. The number of carbonyl (C=O) groups is 2. The number of anilines is 1. The van der Waals surface area contributed by atoms with E-state index in [1.807, 2.05) is 42.5 Å². The van der Waals surface area contributed by atoms with E-state index in [9.17, 15) is 9.59 Å². The molecule has 0 bridgehead atoms. The molecule has 0 saturated heterocycles. The molecule has 1 aromatic heterocycles. The van der Waals surface area contributed by atoms with Gasteiger partial charge in [-0.3, -0.25) is 9.59 Å². The fourth-order valence-electron chi connectivity index (χ4n) is 3.58. The number of benzene rings is 3. The highest BCUT2D eigenvalue weighted by atomic mass is 35.5. The first kappa shape index (κ1) is 22.1. The van der Waals surface area contributed by atoms with Crippen LogP contribution in [0, 0.1) is 0 Å². The Hall–Kier alpha value is -3.12. The standard InChI is InChI=1S/C25H19Cl2NO4/c1-14(29)28-18-5-3-4-15(10-18)16-6-8-19-21(13-31-2)25(32-23(19)11-16)24(30)20-9-7-17(26)12-22(20)27/h3-12H,13H2,1-2H3,(H,28,29). The van der Waals surface area contributed by atoms with Crippen molar-refractivity contribution in [3.63, 3.8) is 0 Å². The molecule has 32 heavy (non-hydrogen) atoms. The average molecular weight is 468 g/mol. The molecule has 3 aromatic carbocycles. The molecule has 0 aliphatic rings. The Bertz CT molecular complexity index is 1340. The van der Waals surface area contributed by atoms with Gasteiger partial charge in [-0.2, -0.15) is 0 Å². The number of ketones is 1. The minimum absolute atomic E-state index is 0.142. The van der Waals surface area contributed by atoms with E-state index < -0.39 is 0 Å². The molecule has 7 heteroatoms. The zero-order valence-corrected chi connectivity index (χ0v) is 18.9. The number of hydrogen-bond donors (Lipinski definition) is 1. The fourth-order valence-corrected chi connectivity index (χ4v) is 4.07. The molecule has 0 unspecified atom stereocenters. The third kappa shape index (κ3) is 4.41. The molecular formula is C25H19Cl2NO4. The van der Waals surface area contributed by atoms with Crippen LogP contribution < -0.4 is 5.32 Å². The van der Waals surface area contributed by atoms with Gasteiger partial charge in [0.25, 0.3) is 0 Å². The van der Waals surface area contributed by atoms with E-state index in [2.05, 4.69) is 5.32 Å². The van der Waals surface area contributed by atoms with Crippen molar-refractivity contribution >= 4 is 51.5 Å². The Morgan fingerprint density at radius 3 is 2.50 bits per heavy atom. The van der Waals surface area contributed by atoms with Crippen molar-refractivity contribution < 1.29 is 18.7 Å². The van der Waals surface area contributed by atoms with Crippen molar-refractivity contribution in [1.29, 1.82) is 0 Å². The Morgan fingerprint density at radius 1 is 1.00 bits per heavy atom. The van der Waals surface area contributed by atoms with Gasteiger partial charge >= 0.3 is 0 Å². The van der Waals surface area contributed by atoms with E-state index in [1.54, 1.807) is 19.2 Å². The van der Waals surface area contributed by atoms with Crippen LogP contribution in [0.25, 0.3) is 22.1 Å². The van der Waals surface area contributed by atoms with Gasteiger partial charge in [-0.25, -0.2) is 0 Å². The summed E-state index contributed by atoms with van der Waals surface area (Å²) in [6.45, 7) is 1.67. The number of fused-ring (bicyclic) bond motifs is 1. The molecular weight excluding hydrogens is 449 g/mol. The number of nitrogens with one attached hydrogen (secondary N) is 1. The lowest BCUT2D eigenvalue weighted by molar-refractivity contribution is -0.114. The first-order chi connectivity index (χ1) is 15.4. The molecule has 1 amide bonds. The van der Waals surface area contributed by atoms with Crippen LogP contribution in [0.2, 0.25) is 10.0 Å². The zero-order chi connectivity index (χ0) is 22.8. The second-order valence-electron chi connectivity index (χ2n) is 7.27. The Morgan fingerprint density at radius 2 is 1.78 bits per heavy atom. The van der Waals surface area contributed by atoms with Gasteiger partial charge < -0.3 is 14.5 Å². The third-order valence-electron chi connectivity index (χ3n) is 4.98. The van der Waals surface area contributed by atoms with Crippen LogP contribution in [0.4, 0.5) is 5.69 Å². The number of hydrogen-bond acceptors (Lipinski definition) is 4. The zero-order valence-electron chi connectivity index (χ0n) is 17.4. The van der Waals surface area contributed by atoms with Crippen LogP contribution in [0.5, 0.6) is 0 Å². The third-order valence-corrected chi connectivity index (χ3v) is 5.53. The van der Waals surface area contributed by atoms with Gasteiger partial charge in [-0.15, -0.1) is 0 Å². The first-order valence-electron chi connectivity index (χ1n) is 9.79. The smallest absolute Gasteiger partial charge is 0.230 e. The van der Waals surface area contributed by atoms with Crippen molar-refractivity contribution in [3.8, 4) is 11.1 Å². The van der Waals surface area contributed by atoms with Crippen molar-refractivity contribution in [1.82, 2.24) is 0 Å². The summed E-state index contributed by atoms with van der Waals surface area (Å²) in [5, 5.41) is 4.25. The minimum Gasteiger partial charge on any atom is -0.452 e. The van der Waals surface area contributed by atoms with Crippen LogP contribution in [-0.2, 0) is 16.1 Å². The lowest BCUT2D eigenvalue weighted by Crippen LogP contribution is -2.05. The molecule has 0 spiro atoms. The molecule has 0 fully saturated rings. The van der Waals surface area contributed by atoms with Crippen LogP contribution in [0.1, 0.15) is 28.6 Å². The number of ether oxygens (including phenoxy) is 1. The van der Waals surface area contributed by atoms with Gasteiger partial charge in [0.05, 0.1) is 11.6 Å². The highest BCUT2D eigenvalue weighted by molar-refractivity contribution is 6.37. The molecule has 5 nitrogen and oxygen atoms in total. The van der Waals surface area contributed by atoms with Crippen LogP contribution >= 0.6 is 23.2 Å². The van der Waals surface area contributed by atoms with Gasteiger partial charge in [0, 0.05) is 41.3 Å². The van der Waals surface area contributed by atoms with Crippen LogP contribution in [0.15, 0.2) is 65.1 Å². The highest BCUT2D eigenvalue weighted by Crippen LogP contribution is 2.34. The van der Waals surface area contributed by atoms with Crippen molar-refractivity contribution in [2.45, 2.75) is 13.5 Å². The monoisotopic (exact) mass is 467 g/mol. The predicted octanol–water partition coefficient (Wildman–Crippen LogP) is 6.74. The number of furan rings is 1. The molecule has 4 aromatic rings. The lowest BCUT2D eigenvalue weighted by atomic mass is 10.0. The van der Waals surface area contributed by atoms with Gasteiger partial charge in [-0.1, -0.05) is 47.5 Å². The second kappa shape index (κ2) is 9.17. The lowest BCUT2D eigenvalue weighted by Gasteiger charge is -2.06. The second-order valence-corrected chi connectivity index (χ2v) is 8.11. The fraction of sp³-hybridized carbons (Fsp3) is 0.120. The minimum atomic E-state index is -0.343. The summed E-state index contributed by atoms with van der Waals surface area (Å²) in [6.07, 6.45) is 0. The van der Waals surface area contributed by atoms with E-state index in [4.69, 9.17) is 32.4 Å². The van der Waals surface area contributed by atoms with Gasteiger partial charge in [0.1, 0.15) is 5.58 Å². The Kier molecular flexibility index (Phi) is 6.33. The van der Waals surface area contributed by atoms with Gasteiger partial charge in [-0.05, 0) is 47.5 Å². The summed E-state index contributed by atoms with van der Waals surface area (Å²) < 4.78 is 11.4. The van der Waals surface area contributed by atoms with Crippen molar-refractivity contribution in [2.75, 3.05) is 12.4 Å². The summed E-state index contributed by atoms with van der Waals surface area (Å²) in [7, 11) is 1.56. The van der Waals surface area contributed by atoms with Crippen molar-refractivity contribution in [2.24, 2.45) is 0 Å². The molecule has 0 saturated carbocycles. The quantitative estimate of drug-likeness (QED) is 0.318. The summed E-state index contributed by atoms with van der Waals surface area (Å²) in [6, 6.07) is 17.9. The summed E-state index contributed by atoms with van der Waals surface area (Å²) >= 11 is 12.2. The number of rotatable bonds is 6. The van der Waals surface area contributed by atoms with Crippen molar-refractivity contribution in [3.05, 3.63) is 87.6 Å². The van der Waals surface area contributed by atoms with E-state index in [0.717, 1.165) is 16.5 Å². The first-order valence-corrected chi connectivity index (χ1v) is 10.5. The summed E-state index contributed by atoms with van der Waals surface area (Å²) in [4.78, 5) is 24.6.